The van der Waals surface area contributed by atoms with Gasteiger partial charge >= 0.3 is 0 Å². The SMILES string of the molecule is C/C(CCc1ccccc1)=C(\Cl)[S@](=O)c1ccc(C)cc1. The second-order valence-corrected chi connectivity index (χ2v) is 7.14. The standard InChI is InChI=1S/C18H19ClOS/c1-14-8-12-17(13-9-14)21(20)18(19)15(2)10-11-16-6-4-3-5-7-16/h3-9,12-13H,10-11H2,1-2H3/b18-15-/t21-/m1/s1. The van der Waals surface area contributed by atoms with Gasteiger partial charge in [0, 0.05) is 4.90 Å². The summed E-state index contributed by atoms with van der Waals surface area (Å²) in [7, 11) is -1.28. The number of hydrogen-bond donors (Lipinski definition) is 0. The summed E-state index contributed by atoms with van der Waals surface area (Å²) >= 11 is 6.30. The minimum Gasteiger partial charge on any atom is -0.248 e. The van der Waals surface area contributed by atoms with Crippen molar-refractivity contribution in [1.82, 2.24) is 0 Å². The molecular weight excluding hydrogens is 300 g/mol. The second-order valence-electron chi connectivity index (χ2n) is 5.12. The second kappa shape index (κ2) is 7.58. The van der Waals surface area contributed by atoms with Gasteiger partial charge in [0.15, 0.2) is 0 Å². The molecule has 0 heterocycles. The highest BCUT2D eigenvalue weighted by atomic mass is 35.5. The van der Waals surface area contributed by atoms with Gasteiger partial charge in [-0.1, -0.05) is 59.6 Å². The van der Waals surface area contributed by atoms with Crippen LogP contribution in [0.25, 0.3) is 0 Å². The fourth-order valence-electron chi connectivity index (χ4n) is 2.00. The van der Waals surface area contributed by atoms with Crippen LogP contribution < -0.4 is 0 Å². The van der Waals surface area contributed by atoms with E-state index in [0.29, 0.717) is 4.36 Å². The van der Waals surface area contributed by atoms with Crippen LogP contribution in [0.2, 0.25) is 0 Å². The van der Waals surface area contributed by atoms with Crippen molar-refractivity contribution in [3.63, 3.8) is 0 Å². The van der Waals surface area contributed by atoms with Crippen LogP contribution in [0.1, 0.15) is 24.5 Å². The Hall–Kier alpha value is -1.38. The van der Waals surface area contributed by atoms with Crippen molar-refractivity contribution in [1.29, 1.82) is 0 Å². The molecule has 0 saturated carbocycles. The summed E-state index contributed by atoms with van der Waals surface area (Å²) in [5.74, 6) is 0. The lowest BCUT2D eigenvalue weighted by Gasteiger charge is -2.07. The van der Waals surface area contributed by atoms with Crippen molar-refractivity contribution in [3.05, 3.63) is 75.7 Å². The Labute approximate surface area is 134 Å². The molecule has 0 aliphatic rings. The molecule has 2 aromatic rings. The smallest absolute Gasteiger partial charge is 0.108 e. The quantitative estimate of drug-likeness (QED) is 0.740. The molecule has 0 aliphatic heterocycles. The number of benzene rings is 2. The lowest BCUT2D eigenvalue weighted by Crippen LogP contribution is -1.96. The van der Waals surface area contributed by atoms with Crippen LogP contribution in [-0.2, 0) is 17.2 Å². The lowest BCUT2D eigenvalue weighted by molar-refractivity contribution is 0.687. The van der Waals surface area contributed by atoms with Crippen LogP contribution in [0, 0.1) is 6.92 Å². The Kier molecular flexibility index (Phi) is 5.77. The van der Waals surface area contributed by atoms with E-state index in [9.17, 15) is 4.21 Å². The average molecular weight is 319 g/mol. The minimum absolute atomic E-state index is 0.454. The Balaban J connectivity index is 2.07. The highest BCUT2D eigenvalue weighted by Gasteiger charge is 2.11. The van der Waals surface area contributed by atoms with Gasteiger partial charge in [0.1, 0.15) is 4.36 Å². The molecular formula is C18H19ClOS. The highest BCUT2D eigenvalue weighted by Crippen LogP contribution is 2.24. The largest absolute Gasteiger partial charge is 0.248 e. The van der Waals surface area contributed by atoms with Crippen LogP contribution in [0.15, 0.2) is 69.4 Å². The summed E-state index contributed by atoms with van der Waals surface area (Å²) in [6.07, 6.45) is 1.73. The first-order valence-electron chi connectivity index (χ1n) is 6.95. The molecule has 1 atom stereocenters. The van der Waals surface area contributed by atoms with Crippen molar-refractivity contribution in [3.8, 4) is 0 Å². The Morgan fingerprint density at radius 2 is 1.67 bits per heavy atom. The van der Waals surface area contributed by atoms with Crippen molar-refractivity contribution >= 4 is 22.4 Å². The molecule has 0 N–H and O–H groups in total. The van der Waals surface area contributed by atoms with Gasteiger partial charge in [-0.2, -0.15) is 0 Å². The van der Waals surface area contributed by atoms with Gasteiger partial charge in [0.05, 0.1) is 10.8 Å². The third-order valence-corrected chi connectivity index (χ3v) is 5.48. The number of rotatable bonds is 5. The minimum atomic E-state index is -1.28. The summed E-state index contributed by atoms with van der Waals surface area (Å²) < 4.78 is 12.9. The zero-order valence-corrected chi connectivity index (χ0v) is 13.9. The third kappa shape index (κ3) is 4.55. The molecule has 2 rings (SSSR count). The van der Waals surface area contributed by atoms with Gasteiger partial charge in [-0.3, -0.25) is 0 Å². The van der Waals surface area contributed by atoms with Gasteiger partial charge in [0.25, 0.3) is 0 Å². The van der Waals surface area contributed by atoms with E-state index in [-0.39, 0.29) is 0 Å². The number of halogens is 1. The molecule has 0 aromatic heterocycles. The fourth-order valence-corrected chi connectivity index (χ4v) is 3.37. The van der Waals surface area contributed by atoms with E-state index in [1.54, 1.807) is 0 Å². The first kappa shape index (κ1) is 16.0. The summed E-state index contributed by atoms with van der Waals surface area (Å²) in [4.78, 5) is 0.754. The van der Waals surface area contributed by atoms with Gasteiger partial charge in [-0.15, -0.1) is 0 Å². The van der Waals surface area contributed by atoms with Crippen LogP contribution in [0.4, 0.5) is 0 Å². The average Bonchev–Trinajstić information content (AvgIpc) is 2.53. The van der Waals surface area contributed by atoms with Gasteiger partial charge in [-0.25, -0.2) is 4.21 Å². The van der Waals surface area contributed by atoms with E-state index in [4.69, 9.17) is 11.6 Å². The summed E-state index contributed by atoms with van der Waals surface area (Å²) in [6.45, 7) is 3.96. The number of allylic oxidation sites excluding steroid dienone is 1. The predicted octanol–water partition coefficient (Wildman–Crippen LogP) is 5.21. The molecule has 0 spiro atoms. The molecule has 0 aliphatic carbocycles. The van der Waals surface area contributed by atoms with E-state index in [1.165, 1.54) is 5.56 Å². The lowest BCUT2D eigenvalue weighted by atomic mass is 10.1. The first-order valence-corrected chi connectivity index (χ1v) is 8.48. The van der Waals surface area contributed by atoms with Gasteiger partial charge in [0.2, 0.25) is 0 Å². The zero-order chi connectivity index (χ0) is 15.2. The number of hydrogen-bond acceptors (Lipinski definition) is 1. The highest BCUT2D eigenvalue weighted by molar-refractivity contribution is 7.90. The van der Waals surface area contributed by atoms with Gasteiger partial charge in [-0.05, 0) is 50.0 Å². The fraction of sp³-hybridized carbons (Fsp3) is 0.222. The molecule has 3 heteroatoms. The van der Waals surface area contributed by atoms with E-state index in [1.807, 2.05) is 56.3 Å². The molecule has 0 radical (unpaired) electrons. The van der Waals surface area contributed by atoms with E-state index in [2.05, 4.69) is 12.1 Å². The maximum Gasteiger partial charge on any atom is 0.108 e. The maximum atomic E-state index is 12.4. The summed E-state index contributed by atoms with van der Waals surface area (Å²) in [5, 5.41) is 0. The summed E-state index contributed by atoms with van der Waals surface area (Å²) in [6, 6.07) is 17.9. The molecule has 0 saturated heterocycles. The van der Waals surface area contributed by atoms with Crippen LogP contribution in [-0.4, -0.2) is 4.21 Å². The van der Waals surface area contributed by atoms with E-state index in [0.717, 1.165) is 28.9 Å². The van der Waals surface area contributed by atoms with Crippen molar-refractivity contribution < 1.29 is 4.21 Å². The molecule has 0 fully saturated rings. The summed E-state index contributed by atoms with van der Waals surface area (Å²) in [5.41, 5.74) is 3.40. The Morgan fingerprint density at radius 3 is 2.29 bits per heavy atom. The van der Waals surface area contributed by atoms with Crippen LogP contribution >= 0.6 is 11.6 Å². The third-order valence-electron chi connectivity index (χ3n) is 3.36. The molecule has 2 aromatic carbocycles. The van der Waals surface area contributed by atoms with Crippen LogP contribution in [0.3, 0.4) is 0 Å². The Morgan fingerprint density at radius 1 is 1.05 bits per heavy atom. The number of aryl methyl sites for hydroxylation is 2. The topological polar surface area (TPSA) is 17.1 Å². The normalized spacial score (nSPS) is 13.7. The van der Waals surface area contributed by atoms with Crippen molar-refractivity contribution in [2.75, 3.05) is 0 Å². The molecule has 21 heavy (non-hydrogen) atoms. The Bertz CT molecular complexity index is 645. The molecule has 110 valence electrons. The van der Waals surface area contributed by atoms with Crippen LogP contribution in [0.5, 0.6) is 0 Å². The molecule has 0 amide bonds. The maximum absolute atomic E-state index is 12.4. The van der Waals surface area contributed by atoms with E-state index >= 15 is 0 Å². The molecule has 0 unspecified atom stereocenters. The molecule has 0 bridgehead atoms. The first-order chi connectivity index (χ1) is 10.1. The van der Waals surface area contributed by atoms with Crippen molar-refractivity contribution in [2.24, 2.45) is 0 Å². The zero-order valence-electron chi connectivity index (χ0n) is 12.3. The van der Waals surface area contributed by atoms with Gasteiger partial charge < -0.3 is 0 Å². The van der Waals surface area contributed by atoms with E-state index < -0.39 is 10.8 Å². The predicted molar refractivity (Wildman–Crippen MR) is 90.9 cm³/mol. The molecule has 1 nitrogen and oxygen atoms in total. The monoisotopic (exact) mass is 318 g/mol. The van der Waals surface area contributed by atoms with Crippen molar-refractivity contribution in [2.45, 2.75) is 31.6 Å².